The summed E-state index contributed by atoms with van der Waals surface area (Å²) in [4.78, 5) is 14.5. The SMILES string of the molecule is Cc1cc(/C=C2/NC(=S)N(C3CCCCC3)C2=O)c(C)n1C. The van der Waals surface area contributed by atoms with Crippen LogP contribution < -0.4 is 5.32 Å². The number of hydrogen-bond donors (Lipinski definition) is 1. The topological polar surface area (TPSA) is 37.3 Å². The lowest BCUT2D eigenvalue weighted by Crippen LogP contribution is -2.41. The molecule has 1 aromatic heterocycles. The first-order valence-electron chi connectivity index (χ1n) is 7.98. The molecule has 0 atom stereocenters. The summed E-state index contributed by atoms with van der Waals surface area (Å²) in [7, 11) is 2.04. The quantitative estimate of drug-likeness (QED) is 0.673. The molecular formula is C17H23N3OS. The Morgan fingerprint density at radius 2 is 1.95 bits per heavy atom. The Labute approximate surface area is 137 Å². The predicted octanol–water partition coefficient (Wildman–Crippen LogP) is 3.03. The summed E-state index contributed by atoms with van der Waals surface area (Å²) in [5.74, 6) is 0.0257. The highest BCUT2D eigenvalue weighted by molar-refractivity contribution is 7.80. The molecule has 3 rings (SSSR count). The second kappa shape index (κ2) is 5.88. The highest BCUT2D eigenvalue weighted by Gasteiger charge is 2.36. The minimum Gasteiger partial charge on any atom is -0.352 e. The zero-order valence-electron chi connectivity index (χ0n) is 13.5. The number of hydrogen-bond acceptors (Lipinski definition) is 2. The summed E-state index contributed by atoms with van der Waals surface area (Å²) in [6.07, 6.45) is 7.69. The number of carbonyl (C=O) groups is 1. The van der Waals surface area contributed by atoms with Crippen molar-refractivity contribution in [3.8, 4) is 0 Å². The average molecular weight is 317 g/mol. The number of amides is 1. The lowest BCUT2D eigenvalue weighted by atomic mass is 9.94. The van der Waals surface area contributed by atoms with Crippen molar-refractivity contribution >= 4 is 29.3 Å². The Morgan fingerprint density at radius 3 is 2.55 bits per heavy atom. The van der Waals surface area contributed by atoms with Crippen LogP contribution in [-0.4, -0.2) is 26.5 Å². The van der Waals surface area contributed by atoms with Crippen molar-refractivity contribution in [3.05, 3.63) is 28.7 Å². The molecular weight excluding hydrogens is 294 g/mol. The number of aryl methyl sites for hydroxylation is 1. The van der Waals surface area contributed by atoms with Crippen LogP contribution in [0.3, 0.4) is 0 Å². The number of aromatic nitrogens is 1. The van der Waals surface area contributed by atoms with Crippen molar-refractivity contribution in [2.75, 3.05) is 0 Å². The van der Waals surface area contributed by atoms with Gasteiger partial charge in [0, 0.05) is 24.5 Å². The molecule has 1 amide bonds. The minimum atomic E-state index is 0.0257. The van der Waals surface area contributed by atoms with Gasteiger partial charge in [0.15, 0.2) is 5.11 Å². The molecule has 2 heterocycles. The van der Waals surface area contributed by atoms with Gasteiger partial charge in [-0.05, 0) is 56.6 Å². The van der Waals surface area contributed by atoms with Crippen LogP contribution in [0.25, 0.3) is 6.08 Å². The van der Waals surface area contributed by atoms with Gasteiger partial charge in [0.05, 0.1) is 0 Å². The number of nitrogens with zero attached hydrogens (tertiary/aromatic N) is 2. The van der Waals surface area contributed by atoms with Crippen LogP contribution in [0.15, 0.2) is 11.8 Å². The van der Waals surface area contributed by atoms with Gasteiger partial charge in [-0.2, -0.15) is 0 Å². The van der Waals surface area contributed by atoms with Crippen molar-refractivity contribution in [1.82, 2.24) is 14.8 Å². The van der Waals surface area contributed by atoms with E-state index in [1.165, 1.54) is 25.0 Å². The zero-order chi connectivity index (χ0) is 15.9. The molecule has 0 bridgehead atoms. The molecule has 118 valence electrons. The second-order valence-corrected chi connectivity index (χ2v) is 6.73. The second-order valence-electron chi connectivity index (χ2n) is 6.34. The fraction of sp³-hybridized carbons (Fsp3) is 0.529. The Morgan fingerprint density at radius 1 is 1.27 bits per heavy atom. The van der Waals surface area contributed by atoms with Crippen LogP contribution >= 0.6 is 12.2 Å². The number of thiocarbonyl (C=S) groups is 1. The van der Waals surface area contributed by atoms with Gasteiger partial charge in [0.2, 0.25) is 0 Å². The molecule has 1 aliphatic carbocycles. The van der Waals surface area contributed by atoms with E-state index < -0.39 is 0 Å². The summed E-state index contributed by atoms with van der Waals surface area (Å²) in [5.41, 5.74) is 4.01. The van der Waals surface area contributed by atoms with Gasteiger partial charge >= 0.3 is 0 Å². The maximum absolute atomic E-state index is 12.7. The monoisotopic (exact) mass is 317 g/mol. The first kappa shape index (κ1) is 15.3. The van der Waals surface area contributed by atoms with Gasteiger partial charge in [0.25, 0.3) is 5.91 Å². The third-order valence-corrected chi connectivity index (χ3v) is 5.26. The fourth-order valence-corrected chi connectivity index (χ4v) is 3.75. The van der Waals surface area contributed by atoms with E-state index in [4.69, 9.17) is 12.2 Å². The van der Waals surface area contributed by atoms with Crippen molar-refractivity contribution < 1.29 is 4.79 Å². The third kappa shape index (κ3) is 2.58. The van der Waals surface area contributed by atoms with Crippen LogP contribution in [0.4, 0.5) is 0 Å². The summed E-state index contributed by atoms with van der Waals surface area (Å²) in [5, 5.41) is 3.68. The maximum Gasteiger partial charge on any atom is 0.276 e. The van der Waals surface area contributed by atoms with Gasteiger partial charge in [-0.25, -0.2) is 0 Å². The normalized spacial score (nSPS) is 21.8. The lowest BCUT2D eigenvalue weighted by Gasteiger charge is -2.29. The smallest absolute Gasteiger partial charge is 0.276 e. The number of carbonyl (C=O) groups excluding carboxylic acids is 1. The van der Waals surface area contributed by atoms with Gasteiger partial charge in [-0.15, -0.1) is 0 Å². The molecule has 4 nitrogen and oxygen atoms in total. The molecule has 1 aliphatic heterocycles. The van der Waals surface area contributed by atoms with E-state index in [1.54, 1.807) is 4.90 Å². The minimum absolute atomic E-state index is 0.0257. The van der Waals surface area contributed by atoms with Crippen molar-refractivity contribution in [2.24, 2.45) is 7.05 Å². The summed E-state index contributed by atoms with van der Waals surface area (Å²) < 4.78 is 2.13. The highest BCUT2D eigenvalue weighted by Crippen LogP contribution is 2.27. The van der Waals surface area contributed by atoms with Crippen LogP contribution in [0.5, 0.6) is 0 Å². The lowest BCUT2D eigenvalue weighted by molar-refractivity contribution is -0.124. The molecule has 1 aromatic rings. The van der Waals surface area contributed by atoms with Crippen LogP contribution in [-0.2, 0) is 11.8 Å². The molecule has 2 aliphatic rings. The van der Waals surface area contributed by atoms with Crippen LogP contribution in [0.2, 0.25) is 0 Å². The van der Waals surface area contributed by atoms with Crippen molar-refractivity contribution in [3.63, 3.8) is 0 Å². The molecule has 0 aromatic carbocycles. The molecule has 0 spiro atoms. The van der Waals surface area contributed by atoms with Crippen LogP contribution in [0.1, 0.15) is 49.1 Å². The molecule has 0 unspecified atom stereocenters. The number of rotatable bonds is 2. The van der Waals surface area contributed by atoms with E-state index >= 15 is 0 Å². The van der Waals surface area contributed by atoms with Gasteiger partial charge in [0.1, 0.15) is 5.70 Å². The maximum atomic E-state index is 12.7. The molecule has 1 saturated carbocycles. The Balaban J connectivity index is 1.86. The van der Waals surface area contributed by atoms with Gasteiger partial charge in [-0.3, -0.25) is 9.69 Å². The molecule has 2 fully saturated rings. The van der Waals surface area contributed by atoms with Crippen molar-refractivity contribution in [1.29, 1.82) is 0 Å². The number of nitrogens with one attached hydrogen (secondary N) is 1. The molecule has 22 heavy (non-hydrogen) atoms. The average Bonchev–Trinajstić information content (AvgIpc) is 2.92. The van der Waals surface area contributed by atoms with Gasteiger partial charge < -0.3 is 9.88 Å². The standard InChI is InChI=1S/C17H23N3OS/c1-11-9-13(12(2)19(11)3)10-15-16(21)20(17(22)18-15)14-7-5-4-6-8-14/h9-10,14H,4-8H2,1-3H3,(H,18,22)/b15-10+. The Bertz CT molecular complexity index is 653. The first-order chi connectivity index (χ1) is 10.5. The highest BCUT2D eigenvalue weighted by atomic mass is 32.1. The molecule has 1 saturated heterocycles. The molecule has 0 radical (unpaired) electrons. The molecule has 1 N–H and O–H groups in total. The van der Waals surface area contributed by atoms with E-state index in [9.17, 15) is 4.79 Å². The summed E-state index contributed by atoms with van der Waals surface area (Å²) in [6.45, 7) is 4.13. The van der Waals surface area contributed by atoms with Gasteiger partial charge in [-0.1, -0.05) is 19.3 Å². The van der Waals surface area contributed by atoms with Crippen molar-refractivity contribution in [2.45, 2.75) is 52.0 Å². The predicted molar refractivity (Wildman–Crippen MR) is 92.3 cm³/mol. The largest absolute Gasteiger partial charge is 0.352 e. The Hall–Kier alpha value is -1.62. The Kier molecular flexibility index (Phi) is 4.08. The third-order valence-electron chi connectivity index (χ3n) is 4.96. The molecule has 5 heteroatoms. The van der Waals surface area contributed by atoms with E-state index in [1.807, 2.05) is 13.1 Å². The van der Waals surface area contributed by atoms with E-state index in [0.29, 0.717) is 10.8 Å². The van der Waals surface area contributed by atoms with E-state index in [2.05, 4.69) is 29.8 Å². The fourth-order valence-electron chi connectivity index (χ4n) is 3.41. The van der Waals surface area contributed by atoms with E-state index in [0.717, 1.165) is 24.1 Å². The first-order valence-corrected chi connectivity index (χ1v) is 8.39. The summed E-state index contributed by atoms with van der Waals surface area (Å²) in [6, 6.07) is 2.37. The summed E-state index contributed by atoms with van der Waals surface area (Å²) >= 11 is 5.40. The van der Waals surface area contributed by atoms with Crippen LogP contribution in [0, 0.1) is 13.8 Å². The van der Waals surface area contributed by atoms with E-state index in [-0.39, 0.29) is 11.9 Å². The zero-order valence-corrected chi connectivity index (χ0v) is 14.3.